The molecule has 0 unspecified atom stereocenters. The van der Waals surface area contributed by atoms with Gasteiger partial charge >= 0.3 is 5.69 Å². The molecule has 0 fully saturated rings. The van der Waals surface area contributed by atoms with Gasteiger partial charge in [0.2, 0.25) is 5.69 Å². The maximum absolute atomic E-state index is 11.5. The summed E-state index contributed by atoms with van der Waals surface area (Å²) in [5.41, 5.74) is -0.460. The second kappa shape index (κ2) is 6.59. The van der Waals surface area contributed by atoms with E-state index < -0.39 is 10.8 Å². The molecule has 0 radical (unpaired) electrons. The van der Waals surface area contributed by atoms with Gasteiger partial charge in [-0.1, -0.05) is 0 Å². The van der Waals surface area contributed by atoms with Crippen molar-refractivity contribution in [2.45, 2.75) is 13.3 Å². The van der Waals surface area contributed by atoms with Crippen molar-refractivity contribution in [1.82, 2.24) is 15.5 Å². The van der Waals surface area contributed by atoms with Gasteiger partial charge in [0.15, 0.2) is 0 Å². The molecule has 0 saturated carbocycles. The van der Waals surface area contributed by atoms with Crippen LogP contribution in [0.15, 0.2) is 6.20 Å². The molecule has 0 bridgehead atoms. The number of rotatable bonds is 7. The minimum absolute atomic E-state index is 0.133. The van der Waals surface area contributed by atoms with Gasteiger partial charge in [-0.15, -0.1) is 0 Å². The molecule has 0 atom stereocenters. The topological polar surface area (TPSA) is 110 Å². The van der Waals surface area contributed by atoms with Crippen LogP contribution < -0.4 is 5.32 Å². The zero-order chi connectivity index (χ0) is 12.7. The number of nitro groups is 1. The van der Waals surface area contributed by atoms with E-state index in [9.17, 15) is 14.9 Å². The highest BCUT2D eigenvalue weighted by Gasteiger charge is 2.22. The van der Waals surface area contributed by atoms with Crippen molar-refractivity contribution < 1.29 is 14.5 Å². The van der Waals surface area contributed by atoms with Crippen LogP contribution in [-0.4, -0.2) is 40.8 Å². The van der Waals surface area contributed by atoms with Crippen LogP contribution in [0.1, 0.15) is 23.8 Å². The summed E-state index contributed by atoms with van der Waals surface area (Å²) >= 11 is 0. The SMILES string of the molecule is CCOCCCNC(=O)c1[nH]ncc1[N+](=O)[O-]. The van der Waals surface area contributed by atoms with Crippen LogP contribution >= 0.6 is 0 Å². The van der Waals surface area contributed by atoms with E-state index in [2.05, 4.69) is 15.5 Å². The Bertz CT molecular complexity index is 390. The molecule has 1 heterocycles. The number of aromatic amines is 1. The highest BCUT2D eigenvalue weighted by molar-refractivity contribution is 5.95. The number of H-pyrrole nitrogens is 1. The summed E-state index contributed by atoms with van der Waals surface area (Å²) in [6, 6.07) is 0. The van der Waals surface area contributed by atoms with Crippen LogP contribution in [0.2, 0.25) is 0 Å². The molecule has 1 aromatic rings. The predicted molar refractivity (Wildman–Crippen MR) is 58.7 cm³/mol. The van der Waals surface area contributed by atoms with Crippen molar-refractivity contribution in [2.24, 2.45) is 0 Å². The van der Waals surface area contributed by atoms with Gasteiger partial charge in [-0.05, 0) is 13.3 Å². The van der Waals surface area contributed by atoms with Gasteiger partial charge in [0.25, 0.3) is 5.91 Å². The Morgan fingerprint density at radius 2 is 2.47 bits per heavy atom. The molecular weight excluding hydrogens is 228 g/mol. The van der Waals surface area contributed by atoms with E-state index in [1.807, 2.05) is 6.92 Å². The van der Waals surface area contributed by atoms with Crippen LogP contribution in [-0.2, 0) is 4.74 Å². The van der Waals surface area contributed by atoms with Gasteiger partial charge in [0.1, 0.15) is 6.20 Å². The van der Waals surface area contributed by atoms with Crippen LogP contribution in [0.4, 0.5) is 5.69 Å². The molecule has 8 nitrogen and oxygen atoms in total. The molecule has 8 heteroatoms. The molecule has 0 aromatic carbocycles. The van der Waals surface area contributed by atoms with Crippen LogP contribution in [0.3, 0.4) is 0 Å². The molecule has 17 heavy (non-hydrogen) atoms. The van der Waals surface area contributed by atoms with Crippen molar-refractivity contribution in [1.29, 1.82) is 0 Å². The van der Waals surface area contributed by atoms with Crippen LogP contribution in [0.5, 0.6) is 0 Å². The molecule has 0 aliphatic heterocycles. The summed E-state index contributed by atoms with van der Waals surface area (Å²) in [6.07, 6.45) is 1.66. The number of hydrogen-bond acceptors (Lipinski definition) is 5. The second-order valence-corrected chi connectivity index (χ2v) is 3.19. The van der Waals surface area contributed by atoms with Gasteiger partial charge < -0.3 is 10.1 Å². The van der Waals surface area contributed by atoms with Crippen molar-refractivity contribution in [3.8, 4) is 0 Å². The minimum Gasteiger partial charge on any atom is -0.382 e. The van der Waals surface area contributed by atoms with E-state index in [-0.39, 0.29) is 11.4 Å². The molecule has 0 saturated heterocycles. The first-order chi connectivity index (χ1) is 8.16. The first kappa shape index (κ1) is 13.1. The highest BCUT2D eigenvalue weighted by Crippen LogP contribution is 2.13. The lowest BCUT2D eigenvalue weighted by Gasteiger charge is -2.03. The van der Waals surface area contributed by atoms with Crippen molar-refractivity contribution >= 4 is 11.6 Å². The fraction of sp³-hybridized carbons (Fsp3) is 0.556. The van der Waals surface area contributed by atoms with Crippen LogP contribution in [0, 0.1) is 10.1 Å². The lowest BCUT2D eigenvalue weighted by atomic mass is 10.3. The fourth-order valence-electron chi connectivity index (χ4n) is 1.19. The number of carbonyl (C=O) groups is 1. The Hall–Kier alpha value is -1.96. The number of amides is 1. The number of nitrogens with one attached hydrogen (secondary N) is 2. The van der Waals surface area contributed by atoms with Gasteiger partial charge in [-0.2, -0.15) is 5.10 Å². The second-order valence-electron chi connectivity index (χ2n) is 3.19. The first-order valence-electron chi connectivity index (χ1n) is 5.20. The zero-order valence-electron chi connectivity index (χ0n) is 9.43. The largest absolute Gasteiger partial charge is 0.382 e. The molecule has 1 rings (SSSR count). The van der Waals surface area contributed by atoms with Crippen molar-refractivity contribution in [3.63, 3.8) is 0 Å². The summed E-state index contributed by atoms with van der Waals surface area (Å²) in [4.78, 5) is 21.4. The molecule has 2 N–H and O–H groups in total. The molecule has 0 aliphatic carbocycles. The molecule has 1 aromatic heterocycles. The lowest BCUT2D eigenvalue weighted by molar-refractivity contribution is -0.385. The number of ether oxygens (including phenoxy) is 1. The summed E-state index contributed by atoms with van der Waals surface area (Å²) < 4.78 is 5.09. The van der Waals surface area contributed by atoms with Crippen LogP contribution in [0.25, 0.3) is 0 Å². The number of hydrogen-bond donors (Lipinski definition) is 2. The third kappa shape index (κ3) is 3.83. The van der Waals surface area contributed by atoms with Gasteiger partial charge in [-0.3, -0.25) is 20.0 Å². The monoisotopic (exact) mass is 242 g/mol. The van der Waals surface area contributed by atoms with E-state index in [0.717, 1.165) is 6.20 Å². The quantitative estimate of drug-likeness (QED) is 0.410. The zero-order valence-corrected chi connectivity index (χ0v) is 9.43. The number of carbonyl (C=O) groups excluding carboxylic acids is 1. The Morgan fingerprint density at radius 3 is 3.12 bits per heavy atom. The lowest BCUT2D eigenvalue weighted by Crippen LogP contribution is -2.26. The molecular formula is C9H14N4O4. The molecule has 0 spiro atoms. The fourth-order valence-corrected chi connectivity index (χ4v) is 1.19. The Balaban J connectivity index is 2.42. The number of nitrogens with zero attached hydrogens (tertiary/aromatic N) is 2. The molecule has 0 aliphatic rings. The van der Waals surface area contributed by atoms with Crippen molar-refractivity contribution in [2.75, 3.05) is 19.8 Å². The third-order valence-corrected chi connectivity index (χ3v) is 2.00. The van der Waals surface area contributed by atoms with E-state index in [4.69, 9.17) is 4.74 Å². The summed E-state index contributed by atoms with van der Waals surface area (Å²) in [5, 5.41) is 18.9. The maximum atomic E-state index is 11.5. The van der Waals surface area contributed by atoms with E-state index in [1.165, 1.54) is 0 Å². The molecule has 94 valence electrons. The Kier molecular flexibility index (Phi) is 5.08. The third-order valence-electron chi connectivity index (χ3n) is 2.00. The first-order valence-corrected chi connectivity index (χ1v) is 5.20. The van der Waals surface area contributed by atoms with Gasteiger partial charge in [0.05, 0.1) is 4.92 Å². The minimum atomic E-state index is -0.654. The number of aromatic nitrogens is 2. The Morgan fingerprint density at radius 1 is 1.71 bits per heavy atom. The average Bonchev–Trinajstić information content (AvgIpc) is 2.77. The van der Waals surface area contributed by atoms with E-state index in [0.29, 0.717) is 26.2 Å². The maximum Gasteiger partial charge on any atom is 0.319 e. The smallest absolute Gasteiger partial charge is 0.319 e. The summed E-state index contributed by atoms with van der Waals surface area (Å²) in [5.74, 6) is -0.536. The standard InChI is InChI=1S/C9H14N4O4/c1-2-17-5-3-4-10-9(14)8-7(13(15)16)6-11-12-8/h6H,2-5H2,1H3,(H,10,14)(H,11,12). The predicted octanol–water partition coefficient (Wildman–Crippen LogP) is 0.474. The Labute approximate surface area is 97.5 Å². The normalized spacial score (nSPS) is 10.2. The summed E-state index contributed by atoms with van der Waals surface area (Å²) in [6.45, 7) is 3.45. The molecule has 1 amide bonds. The van der Waals surface area contributed by atoms with E-state index in [1.54, 1.807) is 0 Å². The average molecular weight is 242 g/mol. The highest BCUT2D eigenvalue weighted by atomic mass is 16.6. The van der Waals surface area contributed by atoms with E-state index >= 15 is 0 Å². The van der Waals surface area contributed by atoms with Gasteiger partial charge in [-0.25, -0.2) is 0 Å². The van der Waals surface area contributed by atoms with Crippen molar-refractivity contribution in [3.05, 3.63) is 22.0 Å². The van der Waals surface area contributed by atoms with Gasteiger partial charge in [0, 0.05) is 19.8 Å². The summed E-state index contributed by atoms with van der Waals surface area (Å²) in [7, 11) is 0.